The third kappa shape index (κ3) is 3.85. The molecule has 2 aromatic carbocycles. The maximum absolute atomic E-state index is 3.48. The second-order valence-electron chi connectivity index (χ2n) is 5.99. The molecule has 21 heavy (non-hydrogen) atoms. The summed E-state index contributed by atoms with van der Waals surface area (Å²) < 4.78 is 0. The molecule has 0 saturated carbocycles. The summed E-state index contributed by atoms with van der Waals surface area (Å²) in [6, 6.07) is 15.7. The highest BCUT2D eigenvalue weighted by Gasteiger charge is 2.08. The molecule has 2 rings (SSSR count). The van der Waals surface area contributed by atoms with Crippen molar-refractivity contribution in [1.82, 2.24) is 5.32 Å². The summed E-state index contributed by atoms with van der Waals surface area (Å²) >= 11 is 0. The number of benzene rings is 2. The third-order valence-corrected chi connectivity index (χ3v) is 3.89. The number of rotatable bonds is 5. The van der Waals surface area contributed by atoms with Gasteiger partial charge in [-0.05, 0) is 48.7 Å². The summed E-state index contributed by atoms with van der Waals surface area (Å²) in [4.78, 5) is 2.25. The van der Waals surface area contributed by atoms with Crippen LogP contribution in [-0.4, -0.2) is 13.1 Å². The summed E-state index contributed by atoms with van der Waals surface area (Å²) in [6.07, 6.45) is 0. The SMILES string of the molecule is Cc1cc(N(C)c2ccccc2C)ccc1CNC(C)C. The Kier molecular flexibility index (Phi) is 5.03. The number of nitrogens with zero attached hydrogens (tertiary/aromatic N) is 1. The van der Waals surface area contributed by atoms with Gasteiger partial charge in [0, 0.05) is 31.0 Å². The van der Waals surface area contributed by atoms with Gasteiger partial charge in [0.25, 0.3) is 0 Å². The normalized spacial score (nSPS) is 11.0. The lowest BCUT2D eigenvalue weighted by molar-refractivity contribution is 0.587. The van der Waals surface area contributed by atoms with Crippen LogP contribution >= 0.6 is 0 Å². The molecule has 0 aromatic heterocycles. The van der Waals surface area contributed by atoms with Crippen LogP contribution in [0.5, 0.6) is 0 Å². The second-order valence-corrected chi connectivity index (χ2v) is 5.99. The molecule has 0 unspecified atom stereocenters. The van der Waals surface area contributed by atoms with E-state index >= 15 is 0 Å². The lowest BCUT2D eigenvalue weighted by Gasteiger charge is -2.23. The van der Waals surface area contributed by atoms with E-state index in [-0.39, 0.29) is 0 Å². The fourth-order valence-corrected chi connectivity index (χ4v) is 2.48. The van der Waals surface area contributed by atoms with Crippen LogP contribution in [0.4, 0.5) is 11.4 Å². The van der Waals surface area contributed by atoms with Gasteiger partial charge >= 0.3 is 0 Å². The van der Waals surface area contributed by atoms with Crippen molar-refractivity contribution in [2.45, 2.75) is 40.3 Å². The fraction of sp³-hybridized carbons (Fsp3) is 0.368. The number of anilines is 2. The maximum Gasteiger partial charge on any atom is 0.0437 e. The van der Waals surface area contributed by atoms with Crippen LogP contribution < -0.4 is 10.2 Å². The first-order valence-corrected chi connectivity index (χ1v) is 7.61. The third-order valence-electron chi connectivity index (χ3n) is 3.89. The fourth-order valence-electron chi connectivity index (χ4n) is 2.48. The second kappa shape index (κ2) is 6.77. The van der Waals surface area contributed by atoms with Crippen LogP contribution in [0.25, 0.3) is 0 Å². The predicted molar refractivity (Wildman–Crippen MR) is 92.4 cm³/mol. The molecule has 0 saturated heterocycles. The molecule has 112 valence electrons. The minimum atomic E-state index is 0.513. The Morgan fingerprint density at radius 1 is 1.00 bits per heavy atom. The Balaban J connectivity index is 2.21. The van der Waals surface area contributed by atoms with Crippen LogP contribution in [0.2, 0.25) is 0 Å². The highest BCUT2D eigenvalue weighted by atomic mass is 15.1. The van der Waals surface area contributed by atoms with Crippen LogP contribution in [0, 0.1) is 13.8 Å². The Bertz CT molecular complexity index is 602. The molecule has 0 bridgehead atoms. The van der Waals surface area contributed by atoms with Crippen LogP contribution in [0.3, 0.4) is 0 Å². The molecule has 1 N–H and O–H groups in total. The molecule has 2 heteroatoms. The first-order valence-electron chi connectivity index (χ1n) is 7.61. The molecular weight excluding hydrogens is 256 g/mol. The van der Waals surface area contributed by atoms with Gasteiger partial charge in [-0.1, -0.05) is 38.1 Å². The first-order chi connectivity index (χ1) is 9.99. The van der Waals surface area contributed by atoms with E-state index in [1.165, 1.54) is 28.1 Å². The summed E-state index contributed by atoms with van der Waals surface area (Å²) in [6.45, 7) is 9.62. The number of hydrogen-bond acceptors (Lipinski definition) is 2. The zero-order chi connectivity index (χ0) is 15.4. The average Bonchev–Trinajstić information content (AvgIpc) is 2.45. The van der Waals surface area contributed by atoms with E-state index in [0.29, 0.717) is 6.04 Å². The molecule has 0 atom stereocenters. The number of para-hydroxylation sites is 1. The first kappa shape index (κ1) is 15.6. The van der Waals surface area contributed by atoms with Crippen LogP contribution in [0.1, 0.15) is 30.5 Å². The van der Waals surface area contributed by atoms with Crippen LogP contribution in [-0.2, 0) is 6.54 Å². The van der Waals surface area contributed by atoms with E-state index in [1.807, 2.05) is 0 Å². The Morgan fingerprint density at radius 3 is 2.33 bits per heavy atom. The largest absolute Gasteiger partial charge is 0.344 e. The van der Waals surface area contributed by atoms with E-state index in [0.717, 1.165) is 6.54 Å². The molecule has 0 radical (unpaired) electrons. The van der Waals surface area contributed by atoms with Gasteiger partial charge in [-0.15, -0.1) is 0 Å². The van der Waals surface area contributed by atoms with Crippen molar-refractivity contribution >= 4 is 11.4 Å². The van der Waals surface area contributed by atoms with Crippen molar-refractivity contribution < 1.29 is 0 Å². The van der Waals surface area contributed by atoms with Gasteiger partial charge in [0.1, 0.15) is 0 Å². The number of hydrogen-bond donors (Lipinski definition) is 1. The van der Waals surface area contributed by atoms with Gasteiger partial charge < -0.3 is 10.2 Å². The number of aryl methyl sites for hydroxylation is 2. The quantitative estimate of drug-likeness (QED) is 0.864. The molecule has 0 aliphatic rings. The summed E-state index contributed by atoms with van der Waals surface area (Å²) in [5.41, 5.74) is 6.48. The molecule has 2 nitrogen and oxygen atoms in total. The molecule has 0 amide bonds. The average molecular weight is 282 g/mol. The molecule has 0 heterocycles. The van der Waals surface area contributed by atoms with Crippen molar-refractivity contribution in [1.29, 1.82) is 0 Å². The van der Waals surface area contributed by atoms with Gasteiger partial charge in [0.15, 0.2) is 0 Å². The van der Waals surface area contributed by atoms with Crippen molar-refractivity contribution in [3.63, 3.8) is 0 Å². The summed E-state index contributed by atoms with van der Waals surface area (Å²) in [5, 5.41) is 3.48. The number of nitrogens with one attached hydrogen (secondary N) is 1. The minimum Gasteiger partial charge on any atom is -0.344 e. The van der Waals surface area contributed by atoms with E-state index < -0.39 is 0 Å². The zero-order valence-electron chi connectivity index (χ0n) is 13.8. The summed E-state index contributed by atoms with van der Waals surface area (Å²) in [7, 11) is 2.13. The minimum absolute atomic E-state index is 0.513. The lowest BCUT2D eigenvalue weighted by Crippen LogP contribution is -2.22. The van der Waals surface area contributed by atoms with E-state index in [4.69, 9.17) is 0 Å². The van der Waals surface area contributed by atoms with Crippen molar-refractivity contribution in [2.75, 3.05) is 11.9 Å². The Hall–Kier alpha value is -1.80. The molecule has 0 aliphatic carbocycles. The van der Waals surface area contributed by atoms with Gasteiger partial charge in [0.05, 0.1) is 0 Å². The molecule has 2 aromatic rings. The summed E-state index contributed by atoms with van der Waals surface area (Å²) in [5.74, 6) is 0. The van der Waals surface area contributed by atoms with Crippen molar-refractivity contribution in [3.8, 4) is 0 Å². The monoisotopic (exact) mass is 282 g/mol. The topological polar surface area (TPSA) is 15.3 Å². The highest BCUT2D eigenvalue weighted by Crippen LogP contribution is 2.27. The van der Waals surface area contributed by atoms with Gasteiger partial charge in [0.2, 0.25) is 0 Å². The highest BCUT2D eigenvalue weighted by molar-refractivity contribution is 5.66. The lowest BCUT2D eigenvalue weighted by atomic mass is 10.1. The maximum atomic E-state index is 3.48. The Morgan fingerprint density at radius 2 is 1.71 bits per heavy atom. The van der Waals surface area contributed by atoms with Gasteiger partial charge in [-0.25, -0.2) is 0 Å². The Labute approximate surface area is 128 Å². The molecule has 0 aliphatic heterocycles. The van der Waals surface area contributed by atoms with Gasteiger partial charge in [-0.2, -0.15) is 0 Å². The van der Waals surface area contributed by atoms with Crippen molar-refractivity contribution in [2.24, 2.45) is 0 Å². The predicted octanol–water partition coefficient (Wildman–Crippen LogP) is 4.57. The molecular formula is C19H26N2. The molecule has 0 fully saturated rings. The molecule has 0 spiro atoms. The van der Waals surface area contributed by atoms with Crippen molar-refractivity contribution in [3.05, 3.63) is 59.2 Å². The van der Waals surface area contributed by atoms with E-state index in [9.17, 15) is 0 Å². The smallest absolute Gasteiger partial charge is 0.0437 e. The zero-order valence-corrected chi connectivity index (χ0v) is 13.8. The van der Waals surface area contributed by atoms with Crippen LogP contribution in [0.15, 0.2) is 42.5 Å². The van der Waals surface area contributed by atoms with E-state index in [2.05, 4.69) is 87.4 Å². The standard InChI is InChI=1S/C19H26N2/c1-14(2)20-13-17-10-11-18(12-16(17)4)21(5)19-9-7-6-8-15(19)3/h6-12,14,20H,13H2,1-5H3. The van der Waals surface area contributed by atoms with E-state index in [1.54, 1.807) is 0 Å². The van der Waals surface area contributed by atoms with Gasteiger partial charge in [-0.3, -0.25) is 0 Å².